The molecular formula is C23H26N4O4. The topological polar surface area (TPSA) is 88.7 Å². The van der Waals surface area contributed by atoms with Crippen molar-refractivity contribution in [3.63, 3.8) is 0 Å². The number of carbonyl (C=O) groups excluding carboxylic acids is 1. The first-order valence-electron chi connectivity index (χ1n) is 10.5. The van der Waals surface area contributed by atoms with Crippen LogP contribution < -0.4 is 9.47 Å². The van der Waals surface area contributed by atoms with Crippen molar-refractivity contribution in [2.45, 2.75) is 26.5 Å². The number of ether oxygens (including phenoxy) is 2. The fraction of sp³-hybridized carbons (Fsp3) is 0.348. The van der Waals surface area contributed by atoms with Gasteiger partial charge in [0.1, 0.15) is 6.61 Å². The van der Waals surface area contributed by atoms with Crippen molar-refractivity contribution < 1.29 is 19.4 Å². The molecule has 1 aliphatic heterocycles. The molecule has 162 valence electrons. The zero-order chi connectivity index (χ0) is 21.8. The number of rotatable bonds is 7. The second-order valence-electron chi connectivity index (χ2n) is 7.27. The summed E-state index contributed by atoms with van der Waals surface area (Å²) in [5, 5.41) is 19.5. The second kappa shape index (κ2) is 9.18. The van der Waals surface area contributed by atoms with Gasteiger partial charge in [0.05, 0.1) is 5.52 Å². The molecule has 0 saturated heterocycles. The van der Waals surface area contributed by atoms with Crippen LogP contribution in [0.5, 0.6) is 17.4 Å². The number of hydrogen-bond donors (Lipinski definition) is 1. The van der Waals surface area contributed by atoms with Gasteiger partial charge in [-0.15, -0.1) is 10.2 Å². The Morgan fingerprint density at radius 2 is 1.84 bits per heavy atom. The predicted molar refractivity (Wildman–Crippen MR) is 117 cm³/mol. The van der Waals surface area contributed by atoms with Crippen molar-refractivity contribution in [3.8, 4) is 17.4 Å². The van der Waals surface area contributed by atoms with Crippen LogP contribution in [0.2, 0.25) is 0 Å². The number of azo groups is 1. The quantitative estimate of drug-likeness (QED) is 0.578. The zero-order valence-corrected chi connectivity index (χ0v) is 17.7. The van der Waals surface area contributed by atoms with Crippen LogP contribution in [0, 0.1) is 0 Å². The molecule has 8 nitrogen and oxygen atoms in total. The Balaban J connectivity index is 1.56. The minimum Gasteiger partial charge on any atom is -0.493 e. The van der Waals surface area contributed by atoms with Gasteiger partial charge in [-0.25, -0.2) is 0 Å². The summed E-state index contributed by atoms with van der Waals surface area (Å²) < 4.78 is 13.1. The summed E-state index contributed by atoms with van der Waals surface area (Å²) >= 11 is 0. The van der Waals surface area contributed by atoms with E-state index in [4.69, 9.17) is 9.47 Å². The molecule has 1 aromatic heterocycles. The highest BCUT2D eigenvalue weighted by atomic mass is 16.6. The van der Waals surface area contributed by atoms with E-state index < -0.39 is 12.0 Å². The molecule has 0 bridgehead atoms. The lowest BCUT2D eigenvalue weighted by Gasteiger charge is -2.23. The van der Waals surface area contributed by atoms with Gasteiger partial charge in [-0.05, 0) is 31.3 Å². The van der Waals surface area contributed by atoms with E-state index in [0.717, 1.165) is 30.5 Å². The summed E-state index contributed by atoms with van der Waals surface area (Å²) in [6.45, 7) is 7.55. The van der Waals surface area contributed by atoms with E-state index in [1.165, 1.54) is 0 Å². The summed E-state index contributed by atoms with van der Waals surface area (Å²) in [6, 6.07) is 14.7. The smallest absolute Gasteiger partial charge is 0.308 e. The van der Waals surface area contributed by atoms with Crippen molar-refractivity contribution in [1.29, 1.82) is 0 Å². The van der Waals surface area contributed by atoms with Crippen molar-refractivity contribution in [2.24, 2.45) is 10.2 Å². The Morgan fingerprint density at radius 1 is 1.13 bits per heavy atom. The Bertz CT molecular complexity index is 1100. The van der Waals surface area contributed by atoms with Crippen molar-refractivity contribution >= 4 is 22.5 Å². The Labute approximate surface area is 180 Å². The number of nitrogens with zero attached hydrogens (tertiary/aromatic N) is 4. The third-order valence-electron chi connectivity index (χ3n) is 5.48. The number of carbonyl (C=O) groups is 1. The first kappa shape index (κ1) is 20.9. The number of benzene rings is 2. The molecule has 1 amide bonds. The molecule has 2 heterocycles. The molecule has 0 radical (unpaired) electrons. The third-order valence-corrected chi connectivity index (χ3v) is 5.48. The molecule has 0 saturated carbocycles. The highest BCUT2D eigenvalue weighted by Gasteiger charge is 2.27. The van der Waals surface area contributed by atoms with E-state index in [-0.39, 0.29) is 18.2 Å². The largest absolute Gasteiger partial charge is 0.493 e. The van der Waals surface area contributed by atoms with Crippen LogP contribution in [0.15, 0.2) is 58.8 Å². The van der Waals surface area contributed by atoms with Gasteiger partial charge in [0.15, 0.2) is 17.2 Å². The standard InChI is InChI=1S/C23H26N4O4/c1-3-26(4-2)13-14-27-17-10-6-5-9-16(17)21(23(27)29)24-25-22(28)20-15-30-18-11-7-8-12-19(18)31-20/h5-12,20,29H,3-4,13-15H2,1-2H3/t20-/m1/s1. The average molecular weight is 422 g/mol. The zero-order valence-electron chi connectivity index (χ0n) is 17.7. The number of fused-ring (bicyclic) bond motifs is 2. The highest BCUT2D eigenvalue weighted by Crippen LogP contribution is 2.39. The molecule has 1 atom stereocenters. The minimum absolute atomic E-state index is 0.00364. The van der Waals surface area contributed by atoms with Gasteiger partial charge in [0, 0.05) is 18.5 Å². The van der Waals surface area contributed by atoms with Crippen LogP contribution in [0.25, 0.3) is 10.9 Å². The fourth-order valence-electron chi connectivity index (χ4n) is 3.68. The summed E-state index contributed by atoms with van der Waals surface area (Å²) in [4.78, 5) is 14.8. The lowest BCUT2D eigenvalue weighted by Crippen LogP contribution is -2.35. The molecular weight excluding hydrogens is 396 g/mol. The van der Waals surface area contributed by atoms with E-state index in [0.29, 0.717) is 18.0 Å². The normalized spacial score (nSPS) is 15.8. The van der Waals surface area contributed by atoms with E-state index in [1.54, 1.807) is 12.1 Å². The van der Waals surface area contributed by atoms with Crippen LogP contribution in [0.1, 0.15) is 13.8 Å². The summed E-state index contributed by atoms with van der Waals surface area (Å²) in [7, 11) is 0. The van der Waals surface area contributed by atoms with Crippen LogP contribution in [-0.4, -0.2) is 52.8 Å². The monoisotopic (exact) mass is 422 g/mol. The number of amides is 1. The maximum atomic E-state index is 12.6. The van der Waals surface area contributed by atoms with Gasteiger partial charge >= 0.3 is 5.91 Å². The number of aromatic hydroxyl groups is 1. The van der Waals surface area contributed by atoms with Gasteiger partial charge < -0.3 is 24.0 Å². The Kier molecular flexibility index (Phi) is 6.18. The number of para-hydroxylation sites is 3. The second-order valence-corrected chi connectivity index (χ2v) is 7.27. The highest BCUT2D eigenvalue weighted by molar-refractivity contribution is 5.95. The lowest BCUT2D eigenvalue weighted by atomic mass is 10.2. The molecule has 2 aromatic carbocycles. The van der Waals surface area contributed by atoms with Crippen molar-refractivity contribution in [2.75, 3.05) is 26.2 Å². The summed E-state index contributed by atoms with van der Waals surface area (Å²) in [5.41, 5.74) is 1.13. The van der Waals surface area contributed by atoms with Gasteiger partial charge in [-0.1, -0.05) is 44.2 Å². The van der Waals surface area contributed by atoms with Gasteiger partial charge in [0.2, 0.25) is 12.0 Å². The van der Waals surface area contributed by atoms with E-state index in [2.05, 4.69) is 29.0 Å². The van der Waals surface area contributed by atoms with E-state index in [9.17, 15) is 9.90 Å². The molecule has 0 spiro atoms. The Hall–Kier alpha value is -3.39. The summed E-state index contributed by atoms with van der Waals surface area (Å²) in [6.07, 6.45) is -0.878. The molecule has 31 heavy (non-hydrogen) atoms. The number of likely N-dealkylation sites (N-methyl/N-ethyl adjacent to an activating group) is 1. The lowest BCUT2D eigenvalue weighted by molar-refractivity contribution is -0.127. The van der Waals surface area contributed by atoms with Crippen molar-refractivity contribution in [1.82, 2.24) is 9.47 Å². The van der Waals surface area contributed by atoms with Crippen LogP contribution in [0.4, 0.5) is 5.69 Å². The predicted octanol–water partition coefficient (Wildman–Crippen LogP) is 4.14. The summed E-state index contributed by atoms with van der Waals surface area (Å²) in [5.74, 6) is 0.528. The SMILES string of the molecule is CCN(CC)CCn1c(O)c(N=NC(=O)[C@H]2COc3ccccc3O2)c2ccccc21. The first-order valence-corrected chi connectivity index (χ1v) is 10.5. The fourth-order valence-corrected chi connectivity index (χ4v) is 3.68. The van der Waals surface area contributed by atoms with E-state index in [1.807, 2.05) is 41.0 Å². The molecule has 3 aromatic rings. The number of hydrogen-bond acceptors (Lipinski definition) is 6. The molecule has 4 rings (SSSR count). The third kappa shape index (κ3) is 4.25. The maximum Gasteiger partial charge on any atom is 0.308 e. The number of aromatic nitrogens is 1. The average Bonchev–Trinajstić information content (AvgIpc) is 3.08. The van der Waals surface area contributed by atoms with Gasteiger partial charge in [-0.2, -0.15) is 0 Å². The van der Waals surface area contributed by atoms with Crippen molar-refractivity contribution in [3.05, 3.63) is 48.5 Å². The molecule has 0 unspecified atom stereocenters. The molecule has 0 aliphatic carbocycles. The van der Waals surface area contributed by atoms with Crippen LogP contribution in [0.3, 0.4) is 0 Å². The minimum atomic E-state index is -0.878. The van der Waals surface area contributed by atoms with Gasteiger partial charge in [-0.3, -0.25) is 4.79 Å². The Morgan fingerprint density at radius 3 is 2.61 bits per heavy atom. The van der Waals surface area contributed by atoms with E-state index >= 15 is 0 Å². The van der Waals surface area contributed by atoms with Crippen LogP contribution >= 0.6 is 0 Å². The first-order chi connectivity index (χ1) is 15.1. The molecule has 1 aliphatic rings. The van der Waals surface area contributed by atoms with Crippen LogP contribution in [-0.2, 0) is 11.3 Å². The molecule has 8 heteroatoms. The maximum absolute atomic E-state index is 12.6. The molecule has 1 N–H and O–H groups in total. The van der Waals surface area contributed by atoms with Gasteiger partial charge in [0.25, 0.3) is 0 Å². The molecule has 0 fully saturated rings.